The fraction of sp³-hybridized carbons (Fsp3) is 1.00. The maximum absolute atomic E-state index is 7.72. The van der Waals surface area contributed by atoms with Gasteiger partial charge in [-0.25, -0.2) is 0 Å². The molecule has 1 N–H and O–H groups in total. The monoisotopic (exact) mass is 234 g/mol. The summed E-state index contributed by atoms with van der Waals surface area (Å²) in [7, 11) is 0. The van der Waals surface area contributed by atoms with Gasteiger partial charge in [0.2, 0.25) is 0 Å². The molecule has 1 saturated heterocycles. The Morgan fingerprint density at radius 2 is 1.43 bits per heavy atom. The Morgan fingerprint density at radius 3 is 1.43 bits per heavy atom. The average Bonchev–Trinajstić information content (AvgIpc) is 1.75. The summed E-state index contributed by atoms with van der Waals surface area (Å²) in [5, 5.41) is 7.72. The molecule has 2 radical (unpaired) electrons. The predicted octanol–water partition coefficient (Wildman–Crippen LogP) is -0.783. The Morgan fingerprint density at radius 1 is 1.29 bits per heavy atom. The molecule has 0 amide bonds. The molecule has 0 saturated carbocycles. The molecule has 0 aromatic heterocycles. The van der Waals surface area contributed by atoms with Crippen LogP contribution in [0, 0.1) is 0 Å². The van der Waals surface area contributed by atoms with Crippen molar-refractivity contribution in [1.82, 2.24) is 0 Å². The first-order valence-electron chi connectivity index (χ1n) is 0.896. The standard InChI is InChI=1S/CH2O3.Co.Mn.Ni/c2-1-3-4-1;;;/h1-2H;;;. The smallest absolute Gasteiger partial charge is 0.327 e. The maximum atomic E-state index is 7.72. The van der Waals surface area contributed by atoms with Crippen LogP contribution in [0.15, 0.2) is 0 Å². The van der Waals surface area contributed by atoms with Crippen LogP contribution in [0.3, 0.4) is 0 Å². The molecule has 0 aromatic carbocycles. The van der Waals surface area contributed by atoms with E-state index in [1.54, 1.807) is 0 Å². The van der Waals surface area contributed by atoms with Crippen LogP contribution in [-0.4, -0.2) is 11.6 Å². The van der Waals surface area contributed by atoms with Gasteiger partial charge in [-0.15, -0.1) is 0 Å². The number of hydrogen-bond donors (Lipinski definition) is 1. The molecule has 0 aromatic rings. The van der Waals surface area contributed by atoms with Crippen molar-refractivity contribution in [3.63, 3.8) is 0 Å². The van der Waals surface area contributed by atoms with Crippen molar-refractivity contribution in [3.8, 4) is 0 Å². The van der Waals surface area contributed by atoms with Gasteiger partial charge in [0.15, 0.2) is 0 Å². The van der Waals surface area contributed by atoms with Crippen molar-refractivity contribution in [1.29, 1.82) is 0 Å². The quantitative estimate of drug-likeness (QED) is 0.340. The first-order valence-corrected chi connectivity index (χ1v) is 0.896. The molecule has 0 bridgehead atoms. The minimum atomic E-state index is -0.917. The molecule has 0 spiro atoms. The number of hydrogen-bond acceptors (Lipinski definition) is 3. The predicted molar refractivity (Wildman–Crippen MR) is 8.18 cm³/mol. The third kappa shape index (κ3) is 11.1. The van der Waals surface area contributed by atoms with Gasteiger partial charge in [-0.05, 0) is 0 Å². The topological polar surface area (TPSA) is 45.3 Å². The van der Waals surface area contributed by atoms with Crippen molar-refractivity contribution >= 4 is 0 Å². The molecular weight excluding hydrogens is 233 g/mol. The van der Waals surface area contributed by atoms with E-state index in [1.807, 2.05) is 0 Å². The summed E-state index contributed by atoms with van der Waals surface area (Å²) in [6.45, 7) is -0.917. The van der Waals surface area contributed by atoms with E-state index in [2.05, 4.69) is 9.78 Å². The van der Waals surface area contributed by atoms with Crippen LogP contribution in [0.4, 0.5) is 0 Å². The van der Waals surface area contributed by atoms with Crippen molar-refractivity contribution in [2.45, 2.75) is 6.48 Å². The zero-order chi connectivity index (χ0) is 2.99. The summed E-state index contributed by atoms with van der Waals surface area (Å²) < 4.78 is 0. The molecule has 1 rings (SSSR count). The van der Waals surface area contributed by atoms with E-state index in [9.17, 15) is 0 Å². The van der Waals surface area contributed by atoms with Crippen molar-refractivity contribution in [3.05, 3.63) is 0 Å². The van der Waals surface area contributed by atoms with E-state index in [-0.39, 0.29) is 50.3 Å². The van der Waals surface area contributed by atoms with Gasteiger partial charge in [0, 0.05) is 50.3 Å². The summed E-state index contributed by atoms with van der Waals surface area (Å²) >= 11 is 0. The molecule has 0 aliphatic carbocycles. The second-order valence-electron chi connectivity index (χ2n) is 0.499. The van der Waals surface area contributed by atoms with Gasteiger partial charge in [-0.1, -0.05) is 0 Å². The van der Waals surface area contributed by atoms with Crippen LogP contribution in [0.25, 0.3) is 0 Å². The van der Waals surface area contributed by atoms with Gasteiger partial charge in [0.25, 0.3) is 0 Å². The maximum Gasteiger partial charge on any atom is 0.327 e. The summed E-state index contributed by atoms with van der Waals surface area (Å²) in [4.78, 5) is 7.53. The summed E-state index contributed by atoms with van der Waals surface area (Å²) in [6, 6.07) is 0. The molecule has 1 fully saturated rings. The second-order valence-corrected chi connectivity index (χ2v) is 0.499. The number of aliphatic hydroxyl groups is 1. The Balaban J connectivity index is -0.0000000533. The summed E-state index contributed by atoms with van der Waals surface area (Å²) in [5.41, 5.74) is 0. The van der Waals surface area contributed by atoms with Crippen molar-refractivity contribution in [2.24, 2.45) is 0 Å². The van der Waals surface area contributed by atoms with Gasteiger partial charge < -0.3 is 5.11 Å². The van der Waals surface area contributed by atoms with E-state index in [4.69, 9.17) is 5.11 Å². The van der Waals surface area contributed by atoms with Gasteiger partial charge in [0.05, 0.1) is 0 Å². The zero-order valence-corrected chi connectivity index (χ0v) is 6.08. The van der Waals surface area contributed by atoms with Crippen LogP contribution < -0.4 is 0 Å². The van der Waals surface area contributed by atoms with Gasteiger partial charge in [-0.3, -0.25) is 0 Å². The third-order valence-electron chi connectivity index (χ3n) is 0.182. The minimum Gasteiger partial charge on any atom is -0.342 e. The third-order valence-corrected chi connectivity index (χ3v) is 0.182. The van der Waals surface area contributed by atoms with E-state index < -0.39 is 6.48 Å². The summed E-state index contributed by atoms with van der Waals surface area (Å²) in [5.74, 6) is 0. The molecule has 0 atom stereocenters. The first-order chi connectivity index (χ1) is 1.89. The zero-order valence-electron chi connectivity index (χ0n) is 2.87. The fourth-order valence-corrected chi connectivity index (χ4v) is 0.0248. The van der Waals surface area contributed by atoms with Crippen molar-refractivity contribution < 1.29 is 65.2 Å². The van der Waals surface area contributed by atoms with Gasteiger partial charge in [-0.2, -0.15) is 9.78 Å². The van der Waals surface area contributed by atoms with E-state index in [1.165, 1.54) is 0 Å². The van der Waals surface area contributed by atoms with Crippen LogP contribution in [-0.2, 0) is 60.1 Å². The Kier molecular flexibility index (Phi) is 16.7. The van der Waals surface area contributed by atoms with Gasteiger partial charge in [0.1, 0.15) is 0 Å². The molecule has 7 heavy (non-hydrogen) atoms. The second kappa shape index (κ2) is 7.40. The Labute approximate surface area is 71.6 Å². The largest absolute Gasteiger partial charge is 0.342 e. The molecule has 50 valence electrons. The molecule has 6 heteroatoms. The van der Waals surface area contributed by atoms with E-state index in [0.29, 0.717) is 0 Å². The molecule has 1 aliphatic rings. The van der Waals surface area contributed by atoms with E-state index >= 15 is 0 Å². The Hall–Kier alpha value is 1.40. The summed E-state index contributed by atoms with van der Waals surface area (Å²) in [6.07, 6.45) is 0. The molecular formula is CH2CoMnNiO3. The Bertz CT molecular complexity index is 34.1. The average molecular weight is 235 g/mol. The normalized spacial score (nSPS) is 15.0. The fourth-order valence-electron chi connectivity index (χ4n) is 0.0248. The molecule has 1 heterocycles. The minimum absolute atomic E-state index is 0. The van der Waals surface area contributed by atoms with Crippen LogP contribution in [0.5, 0.6) is 0 Å². The molecule has 0 unspecified atom stereocenters. The molecule has 3 nitrogen and oxygen atoms in total. The van der Waals surface area contributed by atoms with Crippen molar-refractivity contribution in [2.75, 3.05) is 0 Å². The van der Waals surface area contributed by atoms with E-state index in [0.717, 1.165) is 0 Å². The van der Waals surface area contributed by atoms with Crippen LogP contribution >= 0.6 is 0 Å². The SMILES string of the molecule is OC1OO1.[Co].[Mn].[Ni]. The van der Waals surface area contributed by atoms with Gasteiger partial charge >= 0.3 is 6.48 Å². The van der Waals surface area contributed by atoms with Crippen LogP contribution in [0.1, 0.15) is 0 Å². The van der Waals surface area contributed by atoms with Crippen LogP contribution in [0.2, 0.25) is 0 Å². The number of aliphatic hydroxyl groups excluding tert-OH is 1. The molecule has 1 aliphatic heterocycles. The first kappa shape index (κ1) is 15.8. The number of rotatable bonds is 0.